The molecular weight excluding hydrogens is 1080 g/mol. The Kier molecular flexibility index (Phi) is 61.5. The van der Waals surface area contributed by atoms with Gasteiger partial charge in [-0.3, -0.25) is 4.79 Å². The van der Waals surface area contributed by atoms with Gasteiger partial charge in [0.05, 0.1) is 25.4 Å². The molecule has 0 spiro atoms. The van der Waals surface area contributed by atoms with Crippen LogP contribution in [0.2, 0.25) is 0 Å². The number of hydrogen-bond acceptors (Lipinski definition) is 8. The van der Waals surface area contributed by atoms with Crippen LogP contribution in [0.15, 0.2) is 122 Å². The Morgan fingerprint density at radius 2 is 0.713 bits per heavy atom. The molecule has 1 amide bonds. The van der Waals surface area contributed by atoms with E-state index >= 15 is 0 Å². The number of allylic oxidation sites excluding steroid dienone is 19. The number of rotatable bonds is 62. The van der Waals surface area contributed by atoms with Crippen LogP contribution < -0.4 is 5.32 Å². The van der Waals surface area contributed by atoms with Crippen molar-refractivity contribution in [3.05, 3.63) is 122 Å². The van der Waals surface area contributed by atoms with E-state index in [-0.39, 0.29) is 12.5 Å². The summed E-state index contributed by atoms with van der Waals surface area (Å²) >= 11 is 0. The van der Waals surface area contributed by atoms with Crippen molar-refractivity contribution in [1.29, 1.82) is 0 Å². The number of aliphatic hydroxyl groups excluding tert-OH is 5. The molecule has 87 heavy (non-hydrogen) atoms. The lowest BCUT2D eigenvalue weighted by Gasteiger charge is -2.40. The van der Waals surface area contributed by atoms with Crippen LogP contribution in [0.25, 0.3) is 0 Å². The first kappa shape index (κ1) is 81.6. The smallest absolute Gasteiger partial charge is 0.220 e. The number of aliphatic hydroxyl groups is 5. The first-order chi connectivity index (χ1) is 42.8. The summed E-state index contributed by atoms with van der Waals surface area (Å²) in [6.07, 6.45) is 91.6. The fourth-order valence-corrected chi connectivity index (χ4v) is 10.9. The Balaban J connectivity index is 2.17. The van der Waals surface area contributed by atoms with Crippen molar-refractivity contribution in [3.63, 3.8) is 0 Å². The van der Waals surface area contributed by atoms with Gasteiger partial charge in [0.25, 0.3) is 0 Å². The van der Waals surface area contributed by atoms with E-state index in [1.165, 1.54) is 173 Å². The summed E-state index contributed by atoms with van der Waals surface area (Å²) in [4.78, 5) is 13.1. The van der Waals surface area contributed by atoms with Crippen LogP contribution in [-0.2, 0) is 14.3 Å². The molecule has 0 aromatic heterocycles. The van der Waals surface area contributed by atoms with Crippen LogP contribution in [0.5, 0.6) is 0 Å². The lowest BCUT2D eigenvalue weighted by Crippen LogP contribution is -2.60. The molecule has 0 radical (unpaired) electrons. The zero-order valence-corrected chi connectivity index (χ0v) is 56.0. The van der Waals surface area contributed by atoms with E-state index in [1.807, 2.05) is 6.08 Å². The van der Waals surface area contributed by atoms with Crippen LogP contribution in [0.1, 0.15) is 309 Å². The van der Waals surface area contributed by atoms with Crippen molar-refractivity contribution in [1.82, 2.24) is 5.32 Å². The Bertz CT molecular complexity index is 1790. The largest absolute Gasteiger partial charge is 0.394 e. The number of carbonyl (C=O) groups is 1. The molecule has 9 nitrogen and oxygen atoms in total. The van der Waals surface area contributed by atoms with E-state index in [0.29, 0.717) is 6.42 Å². The molecule has 1 rings (SSSR count). The van der Waals surface area contributed by atoms with E-state index in [1.54, 1.807) is 6.08 Å². The maximum absolute atomic E-state index is 13.1. The second-order valence-electron chi connectivity index (χ2n) is 24.7. The number of carbonyl (C=O) groups excluding carboxylic acids is 1. The second-order valence-corrected chi connectivity index (χ2v) is 24.7. The van der Waals surface area contributed by atoms with E-state index in [9.17, 15) is 30.3 Å². The number of nitrogens with one attached hydrogen (secondary N) is 1. The molecule has 0 aromatic carbocycles. The quantitative estimate of drug-likeness (QED) is 0.0261. The number of amides is 1. The van der Waals surface area contributed by atoms with Gasteiger partial charge in [0, 0.05) is 6.42 Å². The molecule has 6 N–H and O–H groups in total. The van der Waals surface area contributed by atoms with Crippen LogP contribution in [0.4, 0.5) is 0 Å². The molecule has 1 aliphatic rings. The summed E-state index contributed by atoms with van der Waals surface area (Å²) < 4.78 is 11.3. The first-order valence-electron chi connectivity index (χ1n) is 36.3. The first-order valence-corrected chi connectivity index (χ1v) is 36.3. The third kappa shape index (κ3) is 54.1. The molecule has 1 saturated heterocycles. The second kappa shape index (κ2) is 65.5. The minimum Gasteiger partial charge on any atom is -0.394 e. The maximum atomic E-state index is 13.1. The number of hydrogen-bond donors (Lipinski definition) is 6. The molecule has 0 saturated carbocycles. The standard InChI is InChI=1S/C78H135NO8/c1-3-5-7-9-11-13-15-17-19-21-23-25-27-29-31-33-35-36-38-40-42-44-46-48-50-52-54-56-58-60-62-64-66-68-74(82)79-71(70-86-78-77(85)76(84)75(83)73(69-80)87-78)72(81)67-65-63-61-59-57-55-53-51-49-47-45-43-41-39-37-34-32-30-28-26-24-22-20-18-16-14-12-10-8-6-4-2/h5,7,11,13,17,19,23,25,29,31,35-36,40,42,46,48,52,54,65,67,71-73,75-78,80-81,83-85H,3-4,6,8-10,12,14-16,18,20-22,24,26-28,30,32-34,37-39,41,43-45,47,49-51,53,55-64,66,68-70H2,1-2H3,(H,79,82)/b7-5-,13-11-,19-17-,25-23-,31-29-,36-35-,42-40-,48-46-,54-52-,67-65+. The number of unbranched alkanes of at least 4 members (excludes halogenated alkanes) is 34. The molecule has 1 heterocycles. The summed E-state index contributed by atoms with van der Waals surface area (Å²) in [5.74, 6) is -0.197. The van der Waals surface area contributed by atoms with Gasteiger partial charge in [0.1, 0.15) is 24.4 Å². The van der Waals surface area contributed by atoms with Crippen LogP contribution >= 0.6 is 0 Å². The zero-order chi connectivity index (χ0) is 62.8. The van der Waals surface area contributed by atoms with Gasteiger partial charge in [-0.1, -0.05) is 334 Å². The van der Waals surface area contributed by atoms with Crippen molar-refractivity contribution < 1.29 is 39.8 Å². The molecular formula is C78H135NO8. The summed E-state index contributed by atoms with van der Waals surface area (Å²) in [7, 11) is 0. The normalized spacial score (nSPS) is 18.7. The molecule has 1 fully saturated rings. The highest BCUT2D eigenvalue weighted by molar-refractivity contribution is 5.76. The van der Waals surface area contributed by atoms with Gasteiger partial charge in [-0.25, -0.2) is 0 Å². The van der Waals surface area contributed by atoms with E-state index < -0.39 is 49.5 Å². The van der Waals surface area contributed by atoms with Crippen molar-refractivity contribution >= 4 is 5.91 Å². The van der Waals surface area contributed by atoms with Gasteiger partial charge in [-0.2, -0.15) is 0 Å². The molecule has 0 aliphatic carbocycles. The van der Waals surface area contributed by atoms with Crippen LogP contribution in [-0.4, -0.2) is 87.5 Å². The van der Waals surface area contributed by atoms with E-state index in [2.05, 4.69) is 129 Å². The van der Waals surface area contributed by atoms with Gasteiger partial charge in [0.2, 0.25) is 5.91 Å². The minimum absolute atomic E-state index is 0.197. The highest BCUT2D eigenvalue weighted by Crippen LogP contribution is 2.23. The van der Waals surface area contributed by atoms with Crippen molar-refractivity contribution in [2.75, 3.05) is 13.2 Å². The summed E-state index contributed by atoms with van der Waals surface area (Å²) in [5.41, 5.74) is 0. The fourth-order valence-electron chi connectivity index (χ4n) is 10.9. The average Bonchev–Trinajstić information content (AvgIpc) is 3.38. The molecule has 7 atom stereocenters. The lowest BCUT2D eigenvalue weighted by atomic mass is 9.99. The van der Waals surface area contributed by atoms with E-state index in [0.717, 1.165) is 116 Å². The lowest BCUT2D eigenvalue weighted by molar-refractivity contribution is -0.302. The predicted molar refractivity (Wildman–Crippen MR) is 373 cm³/mol. The zero-order valence-electron chi connectivity index (χ0n) is 56.0. The topological polar surface area (TPSA) is 149 Å². The Morgan fingerprint density at radius 1 is 0.402 bits per heavy atom. The number of ether oxygens (including phenoxy) is 2. The Labute approximate surface area is 535 Å². The van der Waals surface area contributed by atoms with Crippen LogP contribution in [0.3, 0.4) is 0 Å². The molecule has 7 unspecified atom stereocenters. The minimum atomic E-state index is -1.58. The third-order valence-corrected chi connectivity index (χ3v) is 16.5. The van der Waals surface area contributed by atoms with Crippen LogP contribution in [0, 0.1) is 0 Å². The summed E-state index contributed by atoms with van der Waals surface area (Å²) in [5, 5.41) is 54.8. The highest BCUT2D eigenvalue weighted by Gasteiger charge is 2.44. The molecule has 1 aliphatic heterocycles. The SMILES string of the molecule is CC/C=C\C/C=C\C/C=C\C/C=C\C/C=C\C/C=C\C/C=C\C/C=C\C/C=C\CCCCCCCC(=O)NC(COC1OC(CO)C(O)C(O)C1O)C(O)/C=C/CCCCCCCCCCCCCCCCCCCCCCCCCCCCCCC. The predicted octanol–water partition coefficient (Wildman–Crippen LogP) is 20.2. The molecule has 0 bridgehead atoms. The molecule has 500 valence electrons. The molecule has 0 aromatic rings. The van der Waals surface area contributed by atoms with Gasteiger partial charge >= 0.3 is 0 Å². The van der Waals surface area contributed by atoms with Gasteiger partial charge in [-0.15, -0.1) is 0 Å². The van der Waals surface area contributed by atoms with Gasteiger partial charge in [0.15, 0.2) is 6.29 Å². The Morgan fingerprint density at radius 3 is 1.06 bits per heavy atom. The Hall–Kier alpha value is -3.41. The summed E-state index contributed by atoms with van der Waals surface area (Å²) in [6.45, 7) is 3.68. The van der Waals surface area contributed by atoms with Crippen molar-refractivity contribution in [2.24, 2.45) is 0 Å². The van der Waals surface area contributed by atoms with Crippen molar-refractivity contribution in [3.8, 4) is 0 Å². The monoisotopic (exact) mass is 1210 g/mol. The van der Waals surface area contributed by atoms with Gasteiger partial charge in [-0.05, 0) is 89.9 Å². The summed E-state index contributed by atoms with van der Waals surface area (Å²) in [6, 6.07) is -0.827. The van der Waals surface area contributed by atoms with Gasteiger partial charge < -0.3 is 40.3 Å². The van der Waals surface area contributed by atoms with E-state index in [4.69, 9.17) is 9.47 Å². The molecule has 9 heteroatoms. The van der Waals surface area contributed by atoms with Crippen molar-refractivity contribution in [2.45, 2.75) is 352 Å². The maximum Gasteiger partial charge on any atom is 0.220 e. The average molecular weight is 1210 g/mol. The third-order valence-electron chi connectivity index (χ3n) is 16.5. The highest BCUT2D eigenvalue weighted by atomic mass is 16.7. The fraction of sp³-hybridized carbons (Fsp3) is 0.731.